The van der Waals surface area contributed by atoms with Gasteiger partial charge in [-0.1, -0.05) is 69.3 Å². The van der Waals surface area contributed by atoms with Crippen LogP contribution in [0.1, 0.15) is 42.3 Å². The van der Waals surface area contributed by atoms with Gasteiger partial charge in [-0.25, -0.2) is 14.8 Å². The predicted octanol–water partition coefficient (Wildman–Crippen LogP) is 5.54. The summed E-state index contributed by atoms with van der Waals surface area (Å²) < 4.78 is 5.28. The lowest BCUT2D eigenvalue weighted by Crippen LogP contribution is -2.42. The third-order valence-electron chi connectivity index (χ3n) is 6.32. The molecule has 0 aliphatic rings. The number of rotatable bonds is 8. The lowest BCUT2D eigenvalue weighted by atomic mass is 9.86. The molecular formula is C31H31N3O4. The number of ether oxygens (including phenoxy) is 1. The highest BCUT2D eigenvalue weighted by atomic mass is 16.5. The Hall–Kier alpha value is -4.52. The summed E-state index contributed by atoms with van der Waals surface area (Å²) in [7, 11) is 1.63. The van der Waals surface area contributed by atoms with Crippen LogP contribution in [0.3, 0.4) is 0 Å². The summed E-state index contributed by atoms with van der Waals surface area (Å²) in [6, 6.07) is 21.2. The Kier molecular flexibility index (Phi) is 7.86. The fourth-order valence-electron chi connectivity index (χ4n) is 4.02. The van der Waals surface area contributed by atoms with Crippen LogP contribution in [0.5, 0.6) is 5.75 Å². The number of carboxylic acids is 1. The van der Waals surface area contributed by atoms with E-state index < -0.39 is 17.9 Å². The third kappa shape index (κ3) is 6.42. The van der Waals surface area contributed by atoms with Gasteiger partial charge in [-0.05, 0) is 46.4 Å². The van der Waals surface area contributed by atoms with Gasteiger partial charge in [0.15, 0.2) is 5.82 Å². The molecule has 0 radical (unpaired) electrons. The van der Waals surface area contributed by atoms with Crippen LogP contribution in [-0.4, -0.2) is 40.1 Å². The first-order valence-corrected chi connectivity index (χ1v) is 12.3. The van der Waals surface area contributed by atoms with Crippen LogP contribution in [0.15, 0.2) is 85.2 Å². The molecule has 1 unspecified atom stereocenters. The minimum atomic E-state index is -1.09. The van der Waals surface area contributed by atoms with Crippen molar-refractivity contribution in [2.45, 2.75) is 38.6 Å². The Morgan fingerprint density at radius 3 is 2.13 bits per heavy atom. The molecule has 0 aliphatic carbocycles. The molecule has 0 saturated heterocycles. The Balaban J connectivity index is 1.42. The molecule has 0 saturated carbocycles. The smallest absolute Gasteiger partial charge is 0.326 e. The van der Waals surface area contributed by atoms with Crippen LogP contribution in [0.25, 0.3) is 22.5 Å². The first-order valence-electron chi connectivity index (χ1n) is 12.3. The minimum Gasteiger partial charge on any atom is -0.497 e. The number of amides is 1. The number of nitrogens with one attached hydrogen (secondary N) is 1. The molecule has 1 atom stereocenters. The van der Waals surface area contributed by atoms with Crippen LogP contribution in [0, 0.1) is 0 Å². The van der Waals surface area contributed by atoms with E-state index in [0.717, 1.165) is 33.6 Å². The summed E-state index contributed by atoms with van der Waals surface area (Å²) in [4.78, 5) is 33.6. The third-order valence-corrected chi connectivity index (χ3v) is 6.32. The number of benzene rings is 3. The molecule has 0 bridgehead atoms. The molecule has 2 N–H and O–H groups in total. The molecule has 3 aromatic carbocycles. The van der Waals surface area contributed by atoms with Crippen LogP contribution < -0.4 is 10.1 Å². The van der Waals surface area contributed by atoms with Crippen molar-refractivity contribution in [3.8, 4) is 28.3 Å². The van der Waals surface area contributed by atoms with E-state index in [0.29, 0.717) is 11.4 Å². The second kappa shape index (κ2) is 11.3. The molecule has 194 valence electrons. The summed E-state index contributed by atoms with van der Waals surface area (Å²) in [5.74, 6) is -0.189. The topological polar surface area (TPSA) is 101 Å². The van der Waals surface area contributed by atoms with Crippen molar-refractivity contribution in [3.05, 3.63) is 102 Å². The molecular weight excluding hydrogens is 478 g/mol. The number of aromatic nitrogens is 2. The fourth-order valence-corrected chi connectivity index (χ4v) is 4.02. The average molecular weight is 510 g/mol. The van der Waals surface area contributed by atoms with Gasteiger partial charge in [-0.3, -0.25) is 4.79 Å². The lowest BCUT2D eigenvalue weighted by Gasteiger charge is -2.19. The highest BCUT2D eigenvalue weighted by Crippen LogP contribution is 2.25. The molecule has 1 heterocycles. The van der Waals surface area contributed by atoms with Gasteiger partial charge in [0.2, 0.25) is 0 Å². The predicted molar refractivity (Wildman–Crippen MR) is 147 cm³/mol. The van der Waals surface area contributed by atoms with E-state index >= 15 is 0 Å². The fraction of sp³-hybridized carbons (Fsp3) is 0.226. The highest BCUT2D eigenvalue weighted by molar-refractivity contribution is 5.96. The first-order chi connectivity index (χ1) is 18.1. The SMILES string of the molecule is COc1cccc(-c2cnc(-c3ccc(CC(NC(=O)c4ccc(C(C)(C)C)cc4)C(=O)O)cc3)nc2)c1. The normalized spacial score (nSPS) is 12.0. The maximum absolute atomic E-state index is 12.7. The molecule has 38 heavy (non-hydrogen) atoms. The van der Waals surface area contributed by atoms with Crippen molar-refractivity contribution < 1.29 is 19.4 Å². The Labute approximate surface area is 222 Å². The van der Waals surface area contributed by atoms with Gasteiger partial charge in [0.25, 0.3) is 5.91 Å². The molecule has 4 rings (SSSR count). The van der Waals surface area contributed by atoms with Gasteiger partial charge in [0.05, 0.1) is 7.11 Å². The molecule has 1 amide bonds. The Morgan fingerprint density at radius 2 is 1.55 bits per heavy atom. The molecule has 0 spiro atoms. The molecule has 4 aromatic rings. The van der Waals surface area contributed by atoms with E-state index in [1.807, 2.05) is 60.7 Å². The van der Waals surface area contributed by atoms with Gasteiger partial charge in [0.1, 0.15) is 11.8 Å². The van der Waals surface area contributed by atoms with E-state index in [-0.39, 0.29) is 11.8 Å². The molecule has 7 nitrogen and oxygen atoms in total. The van der Waals surface area contributed by atoms with Crippen molar-refractivity contribution in [2.75, 3.05) is 7.11 Å². The number of methoxy groups -OCH3 is 1. The summed E-state index contributed by atoms with van der Waals surface area (Å²) in [5.41, 5.74) is 4.90. The summed E-state index contributed by atoms with van der Waals surface area (Å²) in [6.07, 6.45) is 3.67. The standard InChI is InChI=1S/C31H31N3O4/c1-31(2,3)25-14-12-22(13-15-25)29(35)34-27(30(36)37)16-20-8-10-21(11-9-20)28-32-18-24(19-33-28)23-6-5-7-26(17-23)38-4/h5-15,17-19,27H,16H2,1-4H3,(H,34,35)(H,36,37). The zero-order valence-electron chi connectivity index (χ0n) is 21.9. The number of hydrogen-bond acceptors (Lipinski definition) is 5. The quantitative estimate of drug-likeness (QED) is 0.323. The van der Waals surface area contributed by atoms with Gasteiger partial charge in [0, 0.05) is 35.5 Å². The number of carbonyl (C=O) groups is 2. The average Bonchev–Trinajstić information content (AvgIpc) is 2.92. The molecule has 7 heteroatoms. The first kappa shape index (κ1) is 26.5. The Bertz CT molecular complexity index is 1410. The second-order valence-corrected chi connectivity index (χ2v) is 10.1. The largest absolute Gasteiger partial charge is 0.497 e. The van der Waals surface area contributed by atoms with Crippen molar-refractivity contribution >= 4 is 11.9 Å². The number of aliphatic carboxylic acids is 1. The maximum atomic E-state index is 12.7. The van der Waals surface area contributed by atoms with Gasteiger partial charge in [-0.15, -0.1) is 0 Å². The zero-order valence-corrected chi connectivity index (χ0v) is 21.9. The van der Waals surface area contributed by atoms with Crippen LogP contribution in [-0.2, 0) is 16.6 Å². The van der Waals surface area contributed by atoms with Crippen LogP contribution >= 0.6 is 0 Å². The minimum absolute atomic E-state index is 0.0339. The van der Waals surface area contributed by atoms with E-state index in [4.69, 9.17) is 4.74 Å². The van der Waals surface area contributed by atoms with Gasteiger partial charge < -0.3 is 15.2 Å². The monoisotopic (exact) mass is 509 g/mol. The van der Waals surface area contributed by atoms with Crippen molar-refractivity contribution in [1.29, 1.82) is 0 Å². The molecule has 0 aliphatic heterocycles. The highest BCUT2D eigenvalue weighted by Gasteiger charge is 2.22. The summed E-state index contributed by atoms with van der Waals surface area (Å²) in [6.45, 7) is 6.28. The second-order valence-electron chi connectivity index (χ2n) is 10.1. The van der Waals surface area contributed by atoms with E-state index in [1.54, 1.807) is 31.6 Å². The number of hydrogen-bond donors (Lipinski definition) is 2. The van der Waals surface area contributed by atoms with Crippen LogP contribution in [0.4, 0.5) is 0 Å². The zero-order chi connectivity index (χ0) is 27.3. The maximum Gasteiger partial charge on any atom is 0.326 e. The van der Waals surface area contributed by atoms with Crippen molar-refractivity contribution in [1.82, 2.24) is 15.3 Å². The van der Waals surface area contributed by atoms with E-state index in [1.165, 1.54) is 0 Å². The molecule has 0 fully saturated rings. The summed E-state index contributed by atoms with van der Waals surface area (Å²) >= 11 is 0. The van der Waals surface area contributed by atoms with Gasteiger partial charge >= 0.3 is 5.97 Å². The number of nitrogens with zero attached hydrogens (tertiary/aromatic N) is 2. The Morgan fingerprint density at radius 1 is 0.895 bits per heavy atom. The van der Waals surface area contributed by atoms with Crippen molar-refractivity contribution in [2.24, 2.45) is 0 Å². The number of carboxylic acid groups (broad SMARTS) is 1. The lowest BCUT2D eigenvalue weighted by molar-refractivity contribution is -0.139. The van der Waals surface area contributed by atoms with Gasteiger partial charge in [-0.2, -0.15) is 0 Å². The summed E-state index contributed by atoms with van der Waals surface area (Å²) in [5, 5.41) is 12.4. The van der Waals surface area contributed by atoms with Crippen LogP contribution in [0.2, 0.25) is 0 Å². The van der Waals surface area contributed by atoms with Crippen molar-refractivity contribution in [3.63, 3.8) is 0 Å². The number of carbonyl (C=O) groups excluding carboxylic acids is 1. The van der Waals surface area contributed by atoms with E-state index in [9.17, 15) is 14.7 Å². The molecule has 1 aromatic heterocycles. The van der Waals surface area contributed by atoms with E-state index in [2.05, 4.69) is 36.1 Å².